The Balaban J connectivity index is 0.00000385. The first-order valence-electron chi connectivity index (χ1n) is 11.5. The summed E-state index contributed by atoms with van der Waals surface area (Å²) in [5.74, 6) is 2.39. The van der Waals surface area contributed by atoms with E-state index >= 15 is 0 Å². The summed E-state index contributed by atoms with van der Waals surface area (Å²) in [4.78, 5) is 11.6. The maximum Gasteiger partial charge on any atom is 0.213 e. The summed E-state index contributed by atoms with van der Waals surface area (Å²) in [6.07, 6.45) is 5.39. The van der Waals surface area contributed by atoms with Crippen LogP contribution < -0.4 is 15.4 Å². The Hall–Kier alpha value is -1.85. The van der Waals surface area contributed by atoms with Gasteiger partial charge >= 0.3 is 0 Å². The molecule has 1 saturated heterocycles. The average molecular weight is 572 g/mol. The second-order valence-corrected chi connectivity index (χ2v) is 8.87. The molecular weight excluding hydrogens is 533 g/mol. The molecule has 0 radical (unpaired) electrons. The third-order valence-electron chi connectivity index (χ3n) is 4.92. The van der Waals surface area contributed by atoms with Gasteiger partial charge in [0.05, 0.1) is 26.0 Å². The number of hydrogen-bond donors (Lipinski definition) is 2. The smallest absolute Gasteiger partial charge is 0.213 e. The Labute approximate surface area is 214 Å². The van der Waals surface area contributed by atoms with E-state index in [1.807, 2.05) is 51.2 Å². The summed E-state index contributed by atoms with van der Waals surface area (Å²) < 4.78 is 16.6. The number of rotatable bonds is 10. The Morgan fingerprint density at radius 2 is 1.94 bits per heavy atom. The zero-order chi connectivity index (χ0) is 22.7. The van der Waals surface area contributed by atoms with Crippen molar-refractivity contribution in [3.05, 3.63) is 48.0 Å². The molecule has 33 heavy (non-hydrogen) atoms. The summed E-state index contributed by atoms with van der Waals surface area (Å²) >= 11 is 0. The fraction of sp³-hybridized carbons (Fsp3) is 0.583. The lowest BCUT2D eigenvalue weighted by Gasteiger charge is -2.26. The predicted octanol–water partition coefficient (Wildman–Crippen LogP) is 3.47. The van der Waals surface area contributed by atoms with E-state index in [1.54, 1.807) is 6.26 Å². The molecule has 0 aliphatic carbocycles. The zero-order valence-corrected chi connectivity index (χ0v) is 22.3. The molecule has 3 heterocycles. The molecule has 2 N–H and O–H groups in total. The normalized spacial score (nSPS) is 15.1. The SMILES string of the molecule is CC(C)(C)Oc1ccc(CN=C(NCCCN2CCOCC2)NCCc2ccco2)cn1.I. The Bertz CT molecular complexity index is 801. The van der Waals surface area contributed by atoms with Crippen LogP contribution >= 0.6 is 24.0 Å². The molecule has 2 aromatic heterocycles. The molecule has 0 spiro atoms. The van der Waals surface area contributed by atoms with E-state index in [4.69, 9.17) is 18.9 Å². The van der Waals surface area contributed by atoms with Crippen molar-refractivity contribution in [1.29, 1.82) is 0 Å². The van der Waals surface area contributed by atoms with Gasteiger partial charge in [-0.3, -0.25) is 4.90 Å². The number of hydrogen-bond acceptors (Lipinski definition) is 6. The quantitative estimate of drug-likeness (QED) is 0.196. The van der Waals surface area contributed by atoms with Gasteiger partial charge in [-0.2, -0.15) is 0 Å². The largest absolute Gasteiger partial charge is 0.472 e. The van der Waals surface area contributed by atoms with Crippen LogP contribution in [0.4, 0.5) is 0 Å². The Kier molecular flexibility index (Phi) is 12.0. The first-order chi connectivity index (χ1) is 15.5. The Morgan fingerprint density at radius 3 is 2.61 bits per heavy atom. The standard InChI is InChI=1S/C24H37N5O3.HI/c1-24(2,3)32-22-8-7-20(18-27-22)19-28-23(26-11-9-21-6-4-15-31-21)25-10-5-12-29-13-16-30-17-14-29;/h4,6-8,15,18H,5,9-14,16-17,19H2,1-3H3,(H2,25,26,28);1H. The minimum absolute atomic E-state index is 0. The average Bonchev–Trinajstić information content (AvgIpc) is 3.29. The van der Waals surface area contributed by atoms with Crippen LogP contribution in [0.25, 0.3) is 0 Å². The molecule has 0 atom stereocenters. The number of aromatic nitrogens is 1. The molecule has 3 rings (SSSR count). The van der Waals surface area contributed by atoms with Crippen molar-refractivity contribution in [3.63, 3.8) is 0 Å². The summed E-state index contributed by atoms with van der Waals surface area (Å²) in [5.41, 5.74) is 0.773. The fourth-order valence-electron chi connectivity index (χ4n) is 3.32. The summed E-state index contributed by atoms with van der Waals surface area (Å²) in [6.45, 7) is 13.0. The van der Waals surface area contributed by atoms with Gasteiger partial charge in [0, 0.05) is 44.9 Å². The van der Waals surface area contributed by atoms with Crippen LogP contribution in [0.2, 0.25) is 0 Å². The molecule has 2 aromatic rings. The highest BCUT2D eigenvalue weighted by Gasteiger charge is 2.12. The lowest BCUT2D eigenvalue weighted by molar-refractivity contribution is 0.0376. The lowest BCUT2D eigenvalue weighted by Crippen LogP contribution is -2.41. The molecule has 8 nitrogen and oxygen atoms in total. The first-order valence-corrected chi connectivity index (χ1v) is 11.5. The van der Waals surface area contributed by atoms with Crippen molar-refractivity contribution in [2.24, 2.45) is 4.99 Å². The van der Waals surface area contributed by atoms with Gasteiger partial charge in [0.15, 0.2) is 5.96 Å². The van der Waals surface area contributed by atoms with Crippen molar-refractivity contribution < 1.29 is 13.9 Å². The number of morpholine rings is 1. The van der Waals surface area contributed by atoms with Crippen molar-refractivity contribution >= 4 is 29.9 Å². The van der Waals surface area contributed by atoms with Crippen LogP contribution in [0.1, 0.15) is 38.5 Å². The molecule has 0 saturated carbocycles. The molecule has 1 aliphatic rings. The number of ether oxygens (including phenoxy) is 2. The third kappa shape index (κ3) is 11.2. The van der Waals surface area contributed by atoms with Gasteiger partial charge in [0.2, 0.25) is 5.88 Å². The molecule has 1 fully saturated rings. The second-order valence-electron chi connectivity index (χ2n) is 8.87. The molecule has 1 aliphatic heterocycles. The lowest BCUT2D eigenvalue weighted by atomic mass is 10.2. The van der Waals surface area contributed by atoms with E-state index in [9.17, 15) is 0 Å². The number of guanidine groups is 1. The molecule has 0 amide bonds. The second kappa shape index (κ2) is 14.4. The van der Waals surface area contributed by atoms with E-state index in [0.717, 1.165) is 76.1 Å². The van der Waals surface area contributed by atoms with Crippen LogP contribution in [0.15, 0.2) is 46.1 Å². The van der Waals surface area contributed by atoms with Crippen LogP contribution in [0.3, 0.4) is 0 Å². The number of furan rings is 1. The Morgan fingerprint density at radius 1 is 1.15 bits per heavy atom. The predicted molar refractivity (Wildman–Crippen MR) is 141 cm³/mol. The van der Waals surface area contributed by atoms with E-state index in [1.165, 1.54) is 0 Å². The van der Waals surface area contributed by atoms with E-state index in [0.29, 0.717) is 12.4 Å². The molecule has 0 bridgehead atoms. The molecule has 0 unspecified atom stereocenters. The number of pyridine rings is 1. The van der Waals surface area contributed by atoms with Gasteiger partial charge in [0.25, 0.3) is 0 Å². The monoisotopic (exact) mass is 571 g/mol. The van der Waals surface area contributed by atoms with E-state index < -0.39 is 0 Å². The number of aliphatic imine (C=N–C) groups is 1. The summed E-state index contributed by atoms with van der Waals surface area (Å²) in [5, 5.41) is 6.87. The van der Waals surface area contributed by atoms with Crippen molar-refractivity contribution in [2.75, 3.05) is 45.9 Å². The van der Waals surface area contributed by atoms with Crippen LogP contribution in [0.5, 0.6) is 5.88 Å². The van der Waals surface area contributed by atoms with Gasteiger partial charge in [0.1, 0.15) is 11.4 Å². The third-order valence-corrected chi connectivity index (χ3v) is 4.92. The summed E-state index contributed by atoms with van der Waals surface area (Å²) in [6, 6.07) is 7.81. The van der Waals surface area contributed by atoms with Gasteiger partial charge in [-0.15, -0.1) is 24.0 Å². The van der Waals surface area contributed by atoms with Gasteiger partial charge in [-0.25, -0.2) is 9.98 Å². The molecular formula is C24H38IN5O3. The van der Waals surface area contributed by atoms with Crippen molar-refractivity contribution in [3.8, 4) is 5.88 Å². The van der Waals surface area contributed by atoms with Gasteiger partial charge in [-0.1, -0.05) is 6.07 Å². The summed E-state index contributed by atoms with van der Waals surface area (Å²) in [7, 11) is 0. The number of nitrogens with zero attached hydrogens (tertiary/aromatic N) is 3. The van der Waals surface area contributed by atoms with Gasteiger partial charge < -0.3 is 24.5 Å². The van der Waals surface area contributed by atoms with E-state index in [2.05, 4.69) is 20.5 Å². The van der Waals surface area contributed by atoms with Crippen molar-refractivity contribution in [2.45, 2.75) is 45.8 Å². The molecule has 184 valence electrons. The highest BCUT2D eigenvalue weighted by Crippen LogP contribution is 2.15. The highest BCUT2D eigenvalue weighted by atomic mass is 127. The topological polar surface area (TPSA) is 84.2 Å². The van der Waals surface area contributed by atoms with Crippen LogP contribution in [0, 0.1) is 0 Å². The highest BCUT2D eigenvalue weighted by molar-refractivity contribution is 14.0. The molecule has 9 heteroatoms. The number of halogens is 1. The minimum atomic E-state index is -0.261. The number of nitrogens with one attached hydrogen (secondary N) is 2. The van der Waals surface area contributed by atoms with Crippen molar-refractivity contribution in [1.82, 2.24) is 20.5 Å². The minimum Gasteiger partial charge on any atom is -0.472 e. The zero-order valence-electron chi connectivity index (χ0n) is 20.0. The van der Waals surface area contributed by atoms with E-state index in [-0.39, 0.29) is 29.6 Å². The van der Waals surface area contributed by atoms with Crippen LogP contribution in [-0.4, -0.2) is 67.4 Å². The maximum atomic E-state index is 5.79. The first kappa shape index (κ1) is 27.4. The van der Waals surface area contributed by atoms with Gasteiger partial charge in [-0.05, 0) is 51.4 Å². The molecule has 0 aromatic carbocycles. The van der Waals surface area contributed by atoms with Crippen LogP contribution in [-0.2, 0) is 17.7 Å². The maximum absolute atomic E-state index is 5.79. The fourth-order valence-corrected chi connectivity index (χ4v) is 3.32.